The molecule has 2 rings (SSSR count). The van der Waals surface area contributed by atoms with Crippen LogP contribution in [0.3, 0.4) is 0 Å². The maximum atomic E-state index is 10.9. The van der Waals surface area contributed by atoms with Gasteiger partial charge in [0.2, 0.25) is 0 Å². The van der Waals surface area contributed by atoms with Crippen molar-refractivity contribution in [2.24, 2.45) is 5.73 Å². The van der Waals surface area contributed by atoms with Crippen molar-refractivity contribution in [3.8, 4) is 5.88 Å². The monoisotopic (exact) mass is 176 g/mol. The number of para-hydroxylation sites is 1. The Balaban J connectivity index is 2.86. The van der Waals surface area contributed by atoms with Gasteiger partial charge in [0.05, 0.1) is 5.52 Å². The average Bonchev–Trinajstić information content (AvgIpc) is 2.39. The first-order valence-electron chi connectivity index (χ1n) is 3.79. The predicted molar refractivity (Wildman–Crippen MR) is 48.6 cm³/mol. The van der Waals surface area contributed by atoms with E-state index in [1.807, 2.05) is 6.07 Å². The van der Waals surface area contributed by atoms with Gasteiger partial charge in [0, 0.05) is 11.5 Å². The summed E-state index contributed by atoms with van der Waals surface area (Å²) >= 11 is 0. The lowest BCUT2D eigenvalue weighted by Gasteiger charge is -1.99. The summed E-state index contributed by atoms with van der Waals surface area (Å²) in [6.45, 7) is 0. The molecule has 0 aliphatic rings. The van der Waals surface area contributed by atoms with Gasteiger partial charge in [-0.1, -0.05) is 18.2 Å². The lowest BCUT2D eigenvalue weighted by Crippen LogP contribution is -2.18. The Hall–Kier alpha value is -1.97. The summed E-state index contributed by atoms with van der Waals surface area (Å²) in [6, 6.07) is 7.95. The third-order valence-corrected chi connectivity index (χ3v) is 1.91. The molecule has 0 radical (unpaired) electrons. The number of nitrogens with zero attached hydrogens (tertiary/aromatic N) is 1. The van der Waals surface area contributed by atoms with Gasteiger partial charge in [-0.3, -0.25) is 0 Å². The zero-order valence-electron chi connectivity index (χ0n) is 6.77. The summed E-state index contributed by atoms with van der Waals surface area (Å²) in [5.41, 5.74) is 5.71. The van der Waals surface area contributed by atoms with Gasteiger partial charge in [0.1, 0.15) is 0 Å². The van der Waals surface area contributed by atoms with E-state index in [1.54, 1.807) is 18.2 Å². The van der Waals surface area contributed by atoms with E-state index >= 15 is 0 Å². The third kappa shape index (κ3) is 1.03. The Labute approximate surface area is 74.2 Å². The van der Waals surface area contributed by atoms with E-state index in [9.17, 15) is 9.90 Å². The van der Waals surface area contributed by atoms with Crippen molar-refractivity contribution in [2.45, 2.75) is 0 Å². The molecule has 0 saturated carbocycles. The first kappa shape index (κ1) is 7.67. The number of carbonyl (C=O) groups is 1. The number of amides is 1. The highest BCUT2D eigenvalue weighted by Crippen LogP contribution is 2.23. The summed E-state index contributed by atoms with van der Waals surface area (Å²) in [6.07, 6.45) is 0. The molecule has 0 atom stereocenters. The van der Waals surface area contributed by atoms with Crippen LogP contribution in [-0.4, -0.2) is 15.7 Å². The fraction of sp³-hybridized carbons (Fsp3) is 0. The number of benzene rings is 1. The Kier molecular flexibility index (Phi) is 1.48. The van der Waals surface area contributed by atoms with Gasteiger partial charge in [-0.15, -0.1) is 0 Å². The number of fused-ring (bicyclic) bond motifs is 1. The zero-order valence-corrected chi connectivity index (χ0v) is 6.77. The minimum atomic E-state index is -0.682. The minimum Gasteiger partial charge on any atom is -0.494 e. The van der Waals surface area contributed by atoms with Gasteiger partial charge in [-0.05, 0) is 6.07 Å². The van der Waals surface area contributed by atoms with E-state index in [-0.39, 0.29) is 5.88 Å². The van der Waals surface area contributed by atoms with Gasteiger partial charge in [-0.2, -0.15) is 0 Å². The van der Waals surface area contributed by atoms with Crippen LogP contribution in [0.25, 0.3) is 10.9 Å². The first-order chi connectivity index (χ1) is 6.20. The van der Waals surface area contributed by atoms with E-state index in [0.29, 0.717) is 5.52 Å². The first-order valence-corrected chi connectivity index (χ1v) is 3.79. The van der Waals surface area contributed by atoms with Crippen molar-refractivity contribution in [3.63, 3.8) is 0 Å². The normalized spacial score (nSPS) is 10.5. The molecule has 0 fully saturated rings. The molecule has 0 aliphatic heterocycles. The molecule has 1 heterocycles. The predicted octanol–water partition coefficient (Wildman–Crippen LogP) is 1.27. The van der Waals surface area contributed by atoms with Crippen LogP contribution in [0.5, 0.6) is 5.88 Å². The van der Waals surface area contributed by atoms with Crippen LogP contribution >= 0.6 is 0 Å². The molecule has 2 aromatic rings. The number of aromatic nitrogens is 1. The van der Waals surface area contributed by atoms with Gasteiger partial charge in [0.15, 0.2) is 5.88 Å². The zero-order chi connectivity index (χ0) is 9.42. The summed E-state index contributed by atoms with van der Waals surface area (Å²) in [4.78, 5) is 10.9. The number of carbonyl (C=O) groups excluding carboxylic acids is 1. The molecule has 4 heteroatoms. The fourth-order valence-corrected chi connectivity index (χ4v) is 1.37. The summed E-state index contributed by atoms with van der Waals surface area (Å²) in [5, 5.41) is 10.2. The van der Waals surface area contributed by atoms with Crippen molar-refractivity contribution in [2.75, 3.05) is 0 Å². The van der Waals surface area contributed by atoms with E-state index in [2.05, 4.69) is 0 Å². The molecular weight excluding hydrogens is 168 g/mol. The number of hydrogen-bond acceptors (Lipinski definition) is 2. The van der Waals surface area contributed by atoms with E-state index < -0.39 is 6.03 Å². The van der Waals surface area contributed by atoms with Crippen LogP contribution in [0.1, 0.15) is 0 Å². The molecule has 0 saturated heterocycles. The third-order valence-electron chi connectivity index (χ3n) is 1.91. The van der Waals surface area contributed by atoms with Crippen LogP contribution < -0.4 is 5.73 Å². The number of rotatable bonds is 0. The van der Waals surface area contributed by atoms with Crippen LogP contribution in [0, 0.1) is 0 Å². The van der Waals surface area contributed by atoms with Gasteiger partial charge < -0.3 is 10.8 Å². The van der Waals surface area contributed by atoms with Crippen LogP contribution in [0.2, 0.25) is 0 Å². The quantitative estimate of drug-likeness (QED) is 0.634. The van der Waals surface area contributed by atoms with E-state index in [0.717, 1.165) is 9.95 Å². The van der Waals surface area contributed by atoms with Gasteiger partial charge in [0.25, 0.3) is 0 Å². The van der Waals surface area contributed by atoms with Crippen molar-refractivity contribution >= 4 is 16.9 Å². The molecule has 0 aliphatic carbocycles. The fourth-order valence-electron chi connectivity index (χ4n) is 1.37. The topological polar surface area (TPSA) is 68.2 Å². The van der Waals surface area contributed by atoms with Crippen molar-refractivity contribution < 1.29 is 9.90 Å². The van der Waals surface area contributed by atoms with Crippen LogP contribution in [0.15, 0.2) is 30.3 Å². The Morgan fingerprint density at radius 3 is 2.77 bits per heavy atom. The highest BCUT2D eigenvalue weighted by atomic mass is 16.3. The summed E-state index contributed by atoms with van der Waals surface area (Å²) in [5.74, 6) is -0.131. The van der Waals surface area contributed by atoms with E-state index in [4.69, 9.17) is 5.73 Å². The summed E-state index contributed by atoms with van der Waals surface area (Å²) < 4.78 is 1.06. The molecule has 1 aromatic carbocycles. The second-order valence-corrected chi connectivity index (χ2v) is 2.74. The second-order valence-electron chi connectivity index (χ2n) is 2.74. The van der Waals surface area contributed by atoms with Crippen molar-refractivity contribution in [1.29, 1.82) is 0 Å². The Morgan fingerprint density at radius 1 is 1.38 bits per heavy atom. The lowest BCUT2D eigenvalue weighted by atomic mass is 10.2. The molecular formula is C9H8N2O2. The molecule has 1 amide bonds. The molecule has 0 spiro atoms. The molecule has 4 nitrogen and oxygen atoms in total. The maximum Gasteiger partial charge on any atom is 0.326 e. The highest BCUT2D eigenvalue weighted by Gasteiger charge is 2.10. The Bertz CT molecular complexity index is 473. The van der Waals surface area contributed by atoms with Crippen molar-refractivity contribution in [3.05, 3.63) is 30.3 Å². The molecule has 0 unspecified atom stereocenters. The minimum absolute atomic E-state index is 0.131. The SMILES string of the molecule is NC(=O)n1c(O)cc2ccccc21. The van der Waals surface area contributed by atoms with Crippen LogP contribution in [-0.2, 0) is 0 Å². The maximum absolute atomic E-state index is 10.9. The average molecular weight is 176 g/mol. The molecule has 1 aromatic heterocycles. The smallest absolute Gasteiger partial charge is 0.326 e. The highest BCUT2D eigenvalue weighted by molar-refractivity contribution is 5.93. The molecule has 13 heavy (non-hydrogen) atoms. The standard InChI is InChI=1S/C9H8N2O2/c10-9(13)11-7-4-2-1-3-6(7)5-8(11)12/h1-5,12H,(H2,10,13). The lowest BCUT2D eigenvalue weighted by molar-refractivity contribution is 0.248. The van der Waals surface area contributed by atoms with E-state index in [1.165, 1.54) is 6.07 Å². The Morgan fingerprint density at radius 2 is 2.08 bits per heavy atom. The number of nitrogens with two attached hydrogens (primary N) is 1. The molecule has 66 valence electrons. The number of aromatic hydroxyl groups is 1. The largest absolute Gasteiger partial charge is 0.494 e. The summed E-state index contributed by atoms with van der Waals surface area (Å²) in [7, 11) is 0. The number of primary amides is 1. The molecule has 3 N–H and O–H groups in total. The second kappa shape index (κ2) is 2.52. The van der Waals surface area contributed by atoms with Gasteiger partial charge in [-0.25, -0.2) is 9.36 Å². The number of hydrogen-bond donors (Lipinski definition) is 2. The van der Waals surface area contributed by atoms with Crippen LogP contribution in [0.4, 0.5) is 4.79 Å². The van der Waals surface area contributed by atoms with Gasteiger partial charge >= 0.3 is 6.03 Å². The molecule has 0 bridgehead atoms. The van der Waals surface area contributed by atoms with Crippen molar-refractivity contribution in [1.82, 2.24) is 4.57 Å².